The molecule has 6 aliphatic heterocycles. The zero-order valence-corrected chi connectivity index (χ0v) is 50.6. The molecule has 6 fully saturated rings. The van der Waals surface area contributed by atoms with E-state index in [1.165, 1.54) is 13.8 Å². The fraction of sp³-hybridized carbons (Fsp3) is 0.936. The second-order valence-corrected chi connectivity index (χ2v) is 21.4. The number of amides is 1. The van der Waals surface area contributed by atoms with E-state index in [4.69, 9.17) is 52.1 Å². The minimum atomic E-state index is -3.52. The molecule has 6 aliphatic rings. The van der Waals surface area contributed by atoms with Crippen molar-refractivity contribution in [2.75, 3.05) is 39.6 Å². The summed E-state index contributed by atoms with van der Waals surface area (Å²) >= 11 is 0. The molecule has 37 heteroatoms. The van der Waals surface area contributed by atoms with Gasteiger partial charge >= 0.3 is 59.1 Å². The Morgan fingerprint density at radius 1 is 0.536 bits per heavy atom. The number of hydrogen-bond acceptors (Lipinski definition) is 34. The van der Waals surface area contributed by atoms with Gasteiger partial charge in [0.15, 0.2) is 18.9 Å². The Morgan fingerprint density at radius 3 is 1.52 bits per heavy atom. The Labute approximate surface area is 522 Å². The standard InChI is InChI=1S/C47H79NO34.2Na/c1-13-17(56)5-46(44(68)69,80-35(13)27(60)19(58)7-49)79-22(10-52)30(63)36-14(2)18(57)6-47(81-36,45(70)71)82-40-34(67)43(76-37-23(11-53)72-15(3)26(59)32(37)65)75-24(12-54)38(40)77-41-25(48-16(4)55)39(29(62)21(9-51)73-41)78-42-33(66)31(64)28(61)20(8-50)74-42;;/h13-15,17-43,49-54,56-67H,5-12H2,1-4H3,(H,48,55)(H,68,69)(H,70,71);;/q;2*+1/p-2/t13-,14-,15?,17?,18?,19-,20?,21?,22-,23?,24?,25?,26?,27-,28+,29+,30-,31+,32-,33?,34?,35-,36-,37-,38+,39-,40-,41+,42+,43+,46-,47+;;/m1../s1. The molecule has 0 aliphatic carbocycles. The van der Waals surface area contributed by atoms with E-state index in [2.05, 4.69) is 5.32 Å². The van der Waals surface area contributed by atoms with E-state index < -0.39 is 265 Å². The number of hydrogen-bond donors (Lipinski definition) is 19. The summed E-state index contributed by atoms with van der Waals surface area (Å²) in [4.78, 5) is 39.5. The van der Waals surface area contributed by atoms with Crippen molar-refractivity contribution >= 4 is 17.8 Å². The molecule has 1 amide bonds. The molecule has 476 valence electrons. The monoisotopic (exact) mass is 1250 g/mol. The van der Waals surface area contributed by atoms with Crippen molar-refractivity contribution in [1.82, 2.24) is 5.32 Å². The summed E-state index contributed by atoms with van der Waals surface area (Å²) in [7, 11) is 0. The summed E-state index contributed by atoms with van der Waals surface area (Å²) in [5, 5.41) is 224. The van der Waals surface area contributed by atoms with Crippen LogP contribution in [0.15, 0.2) is 0 Å². The van der Waals surface area contributed by atoms with Crippen molar-refractivity contribution in [2.45, 2.75) is 224 Å². The van der Waals surface area contributed by atoms with Gasteiger partial charge in [0.05, 0.1) is 70.2 Å². The summed E-state index contributed by atoms with van der Waals surface area (Å²) in [6.45, 7) is -2.03. The first-order valence-electron chi connectivity index (χ1n) is 26.3. The molecule has 32 atom stereocenters. The number of carboxylic acid groups (broad SMARTS) is 2. The maximum atomic E-state index is 13.7. The van der Waals surface area contributed by atoms with E-state index in [-0.39, 0.29) is 59.1 Å². The van der Waals surface area contributed by atoms with Crippen LogP contribution in [-0.4, -0.2) is 332 Å². The van der Waals surface area contributed by atoms with Crippen molar-refractivity contribution in [1.29, 1.82) is 0 Å². The fourth-order valence-corrected chi connectivity index (χ4v) is 10.9. The number of aliphatic hydroxyl groups excluding tert-OH is 18. The molecule has 0 saturated carbocycles. The molecule has 0 aromatic heterocycles. The number of ether oxygens (including phenoxy) is 11. The first kappa shape index (κ1) is 75.7. The van der Waals surface area contributed by atoms with Crippen LogP contribution in [0.3, 0.4) is 0 Å². The smallest absolute Gasteiger partial charge is 0.544 e. The Kier molecular flexibility index (Phi) is 28.8. The van der Waals surface area contributed by atoms with Crippen LogP contribution in [0, 0.1) is 11.8 Å². The van der Waals surface area contributed by atoms with Crippen molar-refractivity contribution < 1.29 is 228 Å². The predicted molar refractivity (Wildman–Crippen MR) is 250 cm³/mol. The van der Waals surface area contributed by atoms with Gasteiger partial charge in [-0.3, -0.25) is 4.79 Å². The van der Waals surface area contributed by atoms with Gasteiger partial charge in [-0.1, -0.05) is 13.8 Å². The fourth-order valence-electron chi connectivity index (χ4n) is 10.9. The van der Waals surface area contributed by atoms with Crippen LogP contribution in [-0.2, 0) is 66.5 Å². The van der Waals surface area contributed by atoms with E-state index in [1.54, 1.807) is 0 Å². The van der Waals surface area contributed by atoms with Gasteiger partial charge < -0.3 is 169 Å². The normalized spacial score (nSPS) is 46.1. The first-order chi connectivity index (χ1) is 38.5. The van der Waals surface area contributed by atoms with E-state index in [0.717, 1.165) is 13.8 Å². The molecule has 35 nitrogen and oxygen atoms in total. The predicted octanol–water partition coefficient (Wildman–Crippen LogP) is -20.6. The zero-order valence-electron chi connectivity index (χ0n) is 46.6. The Bertz CT molecular complexity index is 2080. The van der Waals surface area contributed by atoms with E-state index >= 15 is 0 Å². The molecule has 0 aromatic rings. The van der Waals surface area contributed by atoms with Gasteiger partial charge in [0, 0.05) is 31.6 Å². The molecule has 0 spiro atoms. The van der Waals surface area contributed by atoms with Gasteiger partial charge in [0.25, 0.3) is 0 Å². The summed E-state index contributed by atoms with van der Waals surface area (Å²) < 4.78 is 64.0. The molecule has 0 radical (unpaired) electrons. The minimum Gasteiger partial charge on any atom is -0.544 e. The third kappa shape index (κ3) is 15.9. The third-order valence-electron chi connectivity index (χ3n) is 15.8. The van der Waals surface area contributed by atoms with Gasteiger partial charge in [0.1, 0.15) is 134 Å². The number of carboxylic acids is 2. The van der Waals surface area contributed by atoms with Crippen LogP contribution in [0.5, 0.6) is 0 Å². The Hall–Kier alpha value is -0.750. The number of rotatable bonds is 23. The average Bonchev–Trinajstić information content (AvgIpc) is 3.64. The topological polar surface area (TPSA) is 575 Å². The number of carbonyl (C=O) groups is 3. The second kappa shape index (κ2) is 32.0. The Balaban J connectivity index is 0.00000757. The van der Waals surface area contributed by atoms with Crippen molar-refractivity contribution in [3.8, 4) is 0 Å². The van der Waals surface area contributed by atoms with Crippen LogP contribution in [0.2, 0.25) is 0 Å². The van der Waals surface area contributed by atoms with Crippen molar-refractivity contribution in [3.63, 3.8) is 0 Å². The van der Waals surface area contributed by atoms with Crippen LogP contribution in [0.1, 0.15) is 40.5 Å². The SMILES string of the molecule is CC(=O)NC1[C@H](O[C@H]2C(CO)O[C@@H](O[C@@H]3C(CO)OC(C)C(O)[C@H]3O)C(O)[C@H]2O[C@]2(C(=O)[O-])CC(O)[C@@H](C)[C@H]([C@H](O)[C@@H](CO)O[C@]3(C(=O)[O-])CC(O)[C@@H](C)[C@H]([C@H](O)[C@H](O)CO)O3)O2)OC(CO)[C@H](O)[C@@H]1O[C@@H]1OC(CO)[C@H](O)[C@H](O)C1O.[Na+].[Na+]. The van der Waals surface area contributed by atoms with Gasteiger partial charge in [-0.15, -0.1) is 0 Å². The van der Waals surface area contributed by atoms with E-state index in [1.807, 2.05) is 0 Å². The van der Waals surface area contributed by atoms with E-state index in [0.29, 0.717) is 0 Å². The second-order valence-electron chi connectivity index (χ2n) is 21.4. The molecule has 6 saturated heterocycles. The molecule has 0 aromatic carbocycles. The Morgan fingerprint density at radius 2 is 1.00 bits per heavy atom. The number of aliphatic carboxylic acids is 2. The average molecular weight is 1250 g/mol. The molecule has 6 heterocycles. The maximum Gasteiger partial charge on any atom is 1.00 e. The van der Waals surface area contributed by atoms with Crippen LogP contribution in [0.4, 0.5) is 0 Å². The van der Waals surface area contributed by atoms with Gasteiger partial charge in [-0.2, -0.15) is 0 Å². The summed E-state index contributed by atoms with van der Waals surface area (Å²) in [5.41, 5.74) is 0. The molecule has 6 rings (SSSR count). The van der Waals surface area contributed by atoms with Gasteiger partial charge in [0.2, 0.25) is 17.5 Å². The van der Waals surface area contributed by atoms with Crippen LogP contribution >= 0.6 is 0 Å². The van der Waals surface area contributed by atoms with Crippen molar-refractivity contribution in [3.05, 3.63) is 0 Å². The van der Waals surface area contributed by atoms with Crippen molar-refractivity contribution in [2.24, 2.45) is 11.8 Å². The number of nitrogens with one attached hydrogen (secondary N) is 1. The largest absolute Gasteiger partial charge is 1.00 e. The van der Waals surface area contributed by atoms with Crippen LogP contribution in [0.25, 0.3) is 0 Å². The maximum absolute atomic E-state index is 13.7. The summed E-state index contributed by atoms with van der Waals surface area (Å²) in [6.07, 6.45) is -56.6. The molecular weight excluding hydrogens is 1170 g/mol. The van der Waals surface area contributed by atoms with Gasteiger partial charge in [-0.25, -0.2) is 0 Å². The molecule has 0 bridgehead atoms. The minimum absolute atomic E-state index is 0. The number of aliphatic hydroxyl groups is 18. The quantitative estimate of drug-likeness (QED) is 0.0422. The summed E-state index contributed by atoms with van der Waals surface area (Å²) in [5.74, 6) is -15.1. The third-order valence-corrected chi connectivity index (χ3v) is 15.8. The van der Waals surface area contributed by atoms with E-state index in [9.17, 15) is 117 Å². The molecular formula is C47H77NNa2O34. The molecule has 11 unspecified atom stereocenters. The molecule has 19 N–H and O–H groups in total. The first-order valence-corrected chi connectivity index (χ1v) is 26.3. The molecule has 84 heavy (non-hydrogen) atoms. The van der Waals surface area contributed by atoms with Crippen LogP contribution < -0.4 is 74.6 Å². The number of carbonyl (C=O) groups excluding carboxylic acids is 3. The van der Waals surface area contributed by atoms with Gasteiger partial charge in [-0.05, 0) is 6.92 Å². The zero-order chi connectivity index (χ0) is 61.2. The summed E-state index contributed by atoms with van der Waals surface area (Å²) in [6, 6.07) is -1.92.